The Kier molecular flexibility index (Phi) is 6.44. The van der Waals surface area contributed by atoms with Crippen LogP contribution in [0.3, 0.4) is 0 Å². The Morgan fingerprint density at radius 3 is 2.09 bits per heavy atom. The van der Waals surface area contributed by atoms with Crippen LogP contribution in [0.25, 0.3) is 0 Å². The van der Waals surface area contributed by atoms with Crippen LogP contribution >= 0.6 is 11.6 Å². The molecular weight excluding hydrogens is 312 g/mol. The fraction of sp³-hybridized carbons (Fsp3) is 0.278. The molecule has 2 aromatic carbocycles. The van der Waals surface area contributed by atoms with Crippen molar-refractivity contribution in [1.82, 2.24) is 5.06 Å². The van der Waals surface area contributed by atoms with Crippen molar-refractivity contribution in [1.29, 1.82) is 0 Å². The van der Waals surface area contributed by atoms with E-state index in [1.807, 2.05) is 36.4 Å². The molecule has 0 saturated heterocycles. The molecule has 0 aliphatic rings. The average Bonchev–Trinajstić information content (AvgIpc) is 2.57. The van der Waals surface area contributed by atoms with Crippen molar-refractivity contribution in [2.45, 2.75) is 19.3 Å². The molecule has 2 aromatic rings. The molecule has 0 aliphatic heterocycles. The van der Waals surface area contributed by atoms with Crippen LogP contribution in [-0.2, 0) is 17.7 Å². The molecule has 0 spiro atoms. The first-order valence-corrected chi connectivity index (χ1v) is 7.88. The van der Waals surface area contributed by atoms with Gasteiger partial charge in [-0.15, -0.1) is 0 Å². The van der Waals surface area contributed by atoms with Crippen molar-refractivity contribution in [3.05, 3.63) is 64.7 Å². The van der Waals surface area contributed by atoms with Crippen LogP contribution < -0.4 is 5.32 Å². The number of hydrogen-bond donors (Lipinski definition) is 1. The van der Waals surface area contributed by atoms with Crippen molar-refractivity contribution in [3.8, 4) is 0 Å². The number of nitrogens with one attached hydrogen (secondary N) is 1. The Balaban J connectivity index is 1.80. The summed E-state index contributed by atoms with van der Waals surface area (Å²) in [5.74, 6) is 0. The molecule has 122 valence electrons. The molecule has 1 N–H and O–H groups in total. The third kappa shape index (κ3) is 5.58. The lowest BCUT2D eigenvalue weighted by Gasteiger charge is -2.14. The highest BCUT2D eigenvalue weighted by molar-refractivity contribution is 6.30. The number of carbonyl (C=O) groups is 1. The Morgan fingerprint density at radius 2 is 1.57 bits per heavy atom. The first kappa shape index (κ1) is 17.3. The molecule has 0 bridgehead atoms. The van der Waals surface area contributed by atoms with Crippen LogP contribution in [0.5, 0.6) is 0 Å². The van der Waals surface area contributed by atoms with Gasteiger partial charge in [-0.2, -0.15) is 0 Å². The van der Waals surface area contributed by atoms with Gasteiger partial charge in [-0.25, -0.2) is 9.86 Å². The maximum Gasteiger partial charge on any atom is 0.345 e. The van der Waals surface area contributed by atoms with Crippen LogP contribution in [0.2, 0.25) is 5.02 Å². The molecule has 5 heteroatoms. The van der Waals surface area contributed by atoms with Gasteiger partial charge in [0.15, 0.2) is 0 Å². The Bertz CT molecular complexity index is 626. The minimum atomic E-state index is -0.303. The lowest BCUT2D eigenvalue weighted by atomic mass is 10.0. The normalized spacial score (nSPS) is 10.4. The molecule has 0 saturated carbocycles. The minimum Gasteiger partial charge on any atom is -0.306 e. The van der Waals surface area contributed by atoms with Gasteiger partial charge in [-0.1, -0.05) is 35.9 Å². The third-order valence-electron chi connectivity index (χ3n) is 3.61. The summed E-state index contributed by atoms with van der Waals surface area (Å²) in [7, 11) is 3.00. The maximum absolute atomic E-state index is 11.7. The number of carbonyl (C=O) groups excluding carboxylic acids is 1. The van der Waals surface area contributed by atoms with Gasteiger partial charge < -0.3 is 5.32 Å². The number of rotatable bonds is 6. The Morgan fingerprint density at radius 1 is 1.04 bits per heavy atom. The molecule has 0 unspecified atom stereocenters. The predicted molar refractivity (Wildman–Crippen MR) is 93.7 cm³/mol. The van der Waals surface area contributed by atoms with Crippen LogP contribution in [0, 0.1) is 0 Å². The van der Waals surface area contributed by atoms with Gasteiger partial charge in [0.25, 0.3) is 0 Å². The van der Waals surface area contributed by atoms with Crippen molar-refractivity contribution in [3.63, 3.8) is 0 Å². The van der Waals surface area contributed by atoms with Crippen LogP contribution in [0.15, 0.2) is 48.5 Å². The zero-order valence-electron chi connectivity index (χ0n) is 13.4. The number of urea groups is 1. The topological polar surface area (TPSA) is 41.6 Å². The second-order valence-electron chi connectivity index (χ2n) is 5.29. The van der Waals surface area contributed by atoms with Crippen LogP contribution in [-0.4, -0.2) is 25.3 Å². The van der Waals surface area contributed by atoms with E-state index in [0.717, 1.165) is 35.0 Å². The van der Waals surface area contributed by atoms with E-state index in [4.69, 9.17) is 16.4 Å². The molecule has 4 nitrogen and oxygen atoms in total. The molecule has 0 atom stereocenters. The highest BCUT2D eigenvalue weighted by Crippen LogP contribution is 2.15. The van der Waals surface area contributed by atoms with E-state index >= 15 is 0 Å². The summed E-state index contributed by atoms with van der Waals surface area (Å²) in [4.78, 5) is 16.5. The summed E-state index contributed by atoms with van der Waals surface area (Å²) in [5, 5.41) is 4.66. The van der Waals surface area contributed by atoms with E-state index in [0.29, 0.717) is 0 Å². The molecule has 0 radical (unpaired) electrons. The Hall–Kier alpha value is -2.04. The maximum atomic E-state index is 11.7. The second-order valence-corrected chi connectivity index (χ2v) is 5.72. The zero-order valence-corrected chi connectivity index (χ0v) is 14.1. The van der Waals surface area contributed by atoms with Gasteiger partial charge in [0.05, 0.1) is 7.11 Å². The smallest absolute Gasteiger partial charge is 0.306 e. The first-order valence-electron chi connectivity index (χ1n) is 7.50. The lowest BCUT2D eigenvalue weighted by Crippen LogP contribution is -2.30. The number of anilines is 1. The summed E-state index contributed by atoms with van der Waals surface area (Å²) in [6.45, 7) is 0. The number of hydrogen-bond acceptors (Lipinski definition) is 2. The van der Waals surface area contributed by atoms with Crippen molar-refractivity contribution in [2.75, 3.05) is 19.5 Å². The lowest BCUT2D eigenvalue weighted by molar-refractivity contribution is -0.0598. The summed E-state index contributed by atoms with van der Waals surface area (Å²) >= 11 is 5.88. The third-order valence-corrected chi connectivity index (χ3v) is 3.86. The highest BCUT2D eigenvalue weighted by atomic mass is 35.5. The predicted octanol–water partition coefficient (Wildman–Crippen LogP) is 4.54. The van der Waals surface area contributed by atoms with Crippen LogP contribution in [0.4, 0.5) is 10.5 Å². The van der Waals surface area contributed by atoms with Crippen molar-refractivity contribution in [2.24, 2.45) is 0 Å². The first-order chi connectivity index (χ1) is 11.1. The van der Waals surface area contributed by atoms with Gasteiger partial charge >= 0.3 is 6.03 Å². The SMILES string of the molecule is CON(C)C(=O)Nc1ccc(CCCc2ccc(Cl)cc2)cc1. The summed E-state index contributed by atoms with van der Waals surface area (Å²) in [6.07, 6.45) is 3.09. The molecule has 23 heavy (non-hydrogen) atoms. The number of aryl methyl sites for hydroxylation is 2. The van der Waals surface area contributed by atoms with E-state index in [9.17, 15) is 4.79 Å². The summed E-state index contributed by atoms with van der Waals surface area (Å²) < 4.78 is 0. The van der Waals surface area contributed by atoms with E-state index < -0.39 is 0 Å². The molecular formula is C18H21ClN2O2. The van der Waals surface area contributed by atoms with E-state index in [2.05, 4.69) is 17.4 Å². The second kappa shape index (κ2) is 8.56. The minimum absolute atomic E-state index is 0.303. The molecule has 0 fully saturated rings. The summed E-state index contributed by atoms with van der Waals surface area (Å²) in [6, 6.07) is 15.5. The van der Waals surface area contributed by atoms with Crippen molar-refractivity contribution < 1.29 is 9.63 Å². The van der Waals surface area contributed by atoms with Gasteiger partial charge in [-0.05, 0) is 54.7 Å². The fourth-order valence-electron chi connectivity index (χ4n) is 2.19. The number of nitrogens with zero attached hydrogens (tertiary/aromatic N) is 1. The van der Waals surface area contributed by atoms with Crippen molar-refractivity contribution >= 4 is 23.3 Å². The van der Waals surface area contributed by atoms with Gasteiger partial charge in [-0.3, -0.25) is 4.84 Å². The zero-order chi connectivity index (χ0) is 16.7. The largest absolute Gasteiger partial charge is 0.345 e. The van der Waals surface area contributed by atoms with Gasteiger partial charge in [0.1, 0.15) is 0 Å². The highest BCUT2D eigenvalue weighted by Gasteiger charge is 2.07. The van der Waals surface area contributed by atoms with E-state index in [1.165, 1.54) is 18.2 Å². The number of halogens is 1. The molecule has 0 aliphatic carbocycles. The molecule has 0 aromatic heterocycles. The van der Waals surface area contributed by atoms with Gasteiger partial charge in [0, 0.05) is 17.8 Å². The van der Waals surface area contributed by atoms with E-state index in [1.54, 1.807) is 7.05 Å². The number of hydroxylamine groups is 2. The average molecular weight is 333 g/mol. The van der Waals surface area contributed by atoms with Gasteiger partial charge in [0.2, 0.25) is 0 Å². The summed E-state index contributed by atoms with van der Waals surface area (Å²) in [5.41, 5.74) is 3.29. The van der Waals surface area contributed by atoms with Crippen LogP contribution in [0.1, 0.15) is 17.5 Å². The number of benzene rings is 2. The number of amides is 2. The quantitative estimate of drug-likeness (QED) is 0.789. The molecule has 0 heterocycles. The van der Waals surface area contributed by atoms with E-state index in [-0.39, 0.29) is 6.03 Å². The standard InChI is InChI=1S/C18H21ClN2O2/c1-21(23-2)18(22)20-17-12-8-15(9-13-17)5-3-4-14-6-10-16(19)11-7-14/h6-13H,3-5H2,1-2H3,(H,20,22). The molecule has 2 amide bonds. The Labute approximate surface area is 142 Å². The monoisotopic (exact) mass is 332 g/mol. The molecule has 2 rings (SSSR count). The fourth-order valence-corrected chi connectivity index (χ4v) is 2.31.